The van der Waals surface area contributed by atoms with E-state index >= 15 is 0 Å². The molecule has 0 fully saturated rings. The van der Waals surface area contributed by atoms with Gasteiger partial charge in [0.15, 0.2) is 0 Å². The third-order valence-corrected chi connectivity index (χ3v) is 3.27. The number of hydrogen-bond donors (Lipinski definition) is 2. The minimum absolute atomic E-state index is 0.180. The Balaban J connectivity index is 2.50. The third kappa shape index (κ3) is 4.13. The number of rotatable bonds is 5. The van der Waals surface area contributed by atoms with E-state index in [1.165, 1.54) is 0 Å². The largest absolute Gasteiger partial charge is 0.349 e. The van der Waals surface area contributed by atoms with Gasteiger partial charge in [-0.15, -0.1) is 5.10 Å². The van der Waals surface area contributed by atoms with E-state index in [4.69, 9.17) is 0 Å². The monoisotopic (exact) mass is 252 g/mol. The molecule has 5 heteroatoms. The van der Waals surface area contributed by atoms with Crippen molar-refractivity contribution in [2.45, 2.75) is 47.5 Å². The molecule has 0 aliphatic heterocycles. The fourth-order valence-corrected chi connectivity index (χ4v) is 1.38. The highest BCUT2D eigenvalue weighted by Gasteiger charge is 2.21. The lowest BCUT2D eigenvalue weighted by Gasteiger charge is -2.27. The smallest absolute Gasteiger partial charge is 0.290 e. The van der Waals surface area contributed by atoms with Crippen molar-refractivity contribution in [1.82, 2.24) is 20.5 Å². The minimum atomic E-state index is -0.204. The number of carbonyl (C=O) groups is 1. The Bertz CT molecular complexity index is 392. The molecule has 1 aromatic rings. The number of nitrogens with zero attached hydrogens (tertiary/aromatic N) is 2. The van der Waals surface area contributed by atoms with Crippen LogP contribution in [-0.4, -0.2) is 27.6 Å². The number of nitrogens with one attached hydrogen (secondary N) is 2. The lowest BCUT2D eigenvalue weighted by molar-refractivity contribution is 0.0927. The van der Waals surface area contributed by atoms with Gasteiger partial charge in [-0.25, -0.2) is 4.98 Å². The molecule has 0 spiro atoms. The lowest BCUT2D eigenvalue weighted by atomic mass is 9.82. The van der Waals surface area contributed by atoms with E-state index in [0.717, 1.165) is 18.7 Å². The number of aromatic amines is 1. The fourth-order valence-electron chi connectivity index (χ4n) is 1.38. The Morgan fingerprint density at radius 2 is 2.11 bits per heavy atom. The van der Waals surface area contributed by atoms with Gasteiger partial charge in [0, 0.05) is 13.0 Å². The number of amides is 1. The van der Waals surface area contributed by atoms with Gasteiger partial charge in [0.1, 0.15) is 5.82 Å². The van der Waals surface area contributed by atoms with Crippen LogP contribution in [-0.2, 0) is 6.42 Å². The summed E-state index contributed by atoms with van der Waals surface area (Å²) < 4.78 is 0. The second-order valence-electron chi connectivity index (χ2n) is 5.83. The van der Waals surface area contributed by atoms with Crippen molar-refractivity contribution in [1.29, 1.82) is 0 Å². The molecule has 0 aliphatic carbocycles. The van der Waals surface area contributed by atoms with Gasteiger partial charge in [0.25, 0.3) is 5.91 Å². The van der Waals surface area contributed by atoms with Crippen LogP contribution < -0.4 is 5.32 Å². The van der Waals surface area contributed by atoms with Crippen LogP contribution in [0.15, 0.2) is 0 Å². The van der Waals surface area contributed by atoms with Gasteiger partial charge >= 0.3 is 0 Å². The Kier molecular flexibility index (Phi) is 4.87. The zero-order chi connectivity index (χ0) is 13.8. The first-order valence-electron chi connectivity index (χ1n) is 6.54. The van der Waals surface area contributed by atoms with Crippen LogP contribution in [0.25, 0.3) is 0 Å². The van der Waals surface area contributed by atoms with E-state index in [0.29, 0.717) is 12.5 Å². The molecule has 0 radical (unpaired) electrons. The summed E-state index contributed by atoms with van der Waals surface area (Å²) in [5.41, 5.74) is 0.180. The average Bonchev–Trinajstić information content (AvgIpc) is 2.73. The van der Waals surface area contributed by atoms with Crippen LogP contribution in [0.1, 0.15) is 57.5 Å². The molecule has 1 atom stereocenters. The van der Waals surface area contributed by atoms with Crippen molar-refractivity contribution < 1.29 is 4.79 Å². The van der Waals surface area contributed by atoms with Crippen LogP contribution in [0.4, 0.5) is 0 Å². The van der Waals surface area contributed by atoms with E-state index in [2.05, 4.69) is 55.1 Å². The highest BCUT2D eigenvalue weighted by atomic mass is 16.2. The van der Waals surface area contributed by atoms with Crippen LogP contribution in [0.5, 0.6) is 0 Å². The minimum Gasteiger partial charge on any atom is -0.349 e. The van der Waals surface area contributed by atoms with Gasteiger partial charge in [-0.05, 0) is 17.8 Å². The van der Waals surface area contributed by atoms with Gasteiger partial charge in [0.05, 0.1) is 0 Å². The highest BCUT2D eigenvalue weighted by Crippen LogP contribution is 2.24. The van der Waals surface area contributed by atoms with Crippen molar-refractivity contribution in [3.63, 3.8) is 0 Å². The topological polar surface area (TPSA) is 70.7 Å². The van der Waals surface area contributed by atoms with E-state index in [1.807, 2.05) is 0 Å². The zero-order valence-electron chi connectivity index (χ0n) is 12.0. The summed E-state index contributed by atoms with van der Waals surface area (Å²) in [7, 11) is 0. The summed E-state index contributed by atoms with van der Waals surface area (Å²) in [6.07, 6.45) is 1.80. The van der Waals surface area contributed by atoms with Gasteiger partial charge in [-0.1, -0.05) is 34.6 Å². The molecule has 1 unspecified atom stereocenters. The summed E-state index contributed by atoms with van der Waals surface area (Å²) in [5, 5.41) is 9.59. The van der Waals surface area contributed by atoms with E-state index < -0.39 is 0 Å². The molecule has 0 saturated carbocycles. The van der Waals surface area contributed by atoms with Crippen molar-refractivity contribution in [2.24, 2.45) is 11.3 Å². The van der Waals surface area contributed by atoms with Gasteiger partial charge in [-0.2, -0.15) is 0 Å². The molecular weight excluding hydrogens is 228 g/mol. The average molecular weight is 252 g/mol. The van der Waals surface area contributed by atoms with E-state index in [-0.39, 0.29) is 17.1 Å². The lowest BCUT2D eigenvalue weighted by Crippen LogP contribution is -2.34. The first kappa shape index (κ1) is 14.7. The van der Waals surface area contributed by atoms with Crippen LogP contribution >= 0.6 is 0 Å². The van der Waals surface area contributed by atoms with Crippen molar-refractivity contribution >= 4 is 5.91 Å². The molecular formula is C13H24N4O. The van der Waals surface area contributed by atoms with Crippen LogP contribution in [0.2, 0.25) is 0 Å². The van der Waals surface area contributed by atoms with Crippen molar-refractivity contribution in [3.05, 3.63) is 11.6 Å². The van der Waals surface area contributed by atoms with Crippen LogP contribution in [0.3, 0.4) is 0 Å². The number of carbonyl (C=O) groups excluding carboxylic acids is 1. The molecule has 0 aliphatic rings. The second kappa shape index (κ2) is 5.98. The van der Waals surface area contributed by atoms with Gasteiger partial charge in [0.2, 0.25) is 5.82 Å². The second-order valence-corrected chi connectivity index (χ2v) is 5.83. The highest BCUT2D eigenvalue weighted by molar-refractivity contribution is 5.90. The molecule has 2 N–H and O–H groups in total. The maximum Gasteiger partial charge on any atom is 0.290 e. The standard InChI is InChI=1S/C13H24N4O/c1-6-7-10-15-11(17-16-10)12(18)14-8-9(2)13(3,4)5/h9H,6-8H2,1-5H3,(H,14,18)(H,15,16,17). The Morgan fingerprint density at radius 3 is 2.67 bits per heavy atom. The predicted molar refractivity (Wildman–Crippen MR) is 71.3 cm³/mol. The molecule has 102 valence electrons. The maximum absolute atomic E-state index is 11.8. The normalized spacial score (nSPS) is 13.4. The number of aromatic nitrogens is 3. The molecule has 5 nitrogen and oxygen atoms in total. The summed E-state index contributed by atoms with van der Waals surface area (Å²) in [6.45, 7) is 11.3. The summed E-state index contributed by atoms with van der Waals surface area (Å²) in [5.74, 6) is 1.20. The van der Waals surface area contributed by atoms with E-state index in [9.17, 15) is 4.79 Å². The number of aryl methyl sites for hydroxylation is 1. The molecule has 0 aromatic carbocycles. The first-order chi connectivity index (χ1) is 8.34. The molecule has 18 heavy (non-hydrogen) atoms. The van der Waals surface area contributed by atoms with Crippen LogP contribution in [0, 0.1) is 11.3 Å². The Labute approximate surface area is 109 Å². The van der Waals surface area contributed by atoms with E-state index in [1.54, 1.807) is 0 Å². The molecule has 1 heterocycles. The zero-order valence-corrected chi connectivity index (χ0v) is 12.0. The number of H-pyrrole nitrogens is 1. The maximum atomic E-state index is 11.8. The Morgan fingerprint density at radius 1 is 1.44 bits per heavy atom. The van der Waals surface area contributed by atoms with Crippen molar-refractivity contribution in [2.75, 3.05) is 6.54 Å². The molecule has 1 aromatic heterocycles. The number of hydrogen-bond acceptors (Lipinski definition) is 3. The summed E-state index contributed by atoms with van der Waals surface area (Å²) in [6, 6.07) is 0. The fraction of sp³-hybridized carbons (Fsp3) is 0.769. The third-order valence-electron chi connectivity index (χ3n) is 3.27. The first-order valence-corrected chi connectivity index (χ1v) is 6.54. The predicted octanol–water partition coefficient (Wildman–Crippen LogP) is 2.17. The van der Waals surface area contributed by atoms with Crippen molar-refractivity contribution in [3.8, 4) is 0 Å². The van der Waals surface area contributed by atoms with Gasteiger partial charge < -0.3 is 5.32 Å². The molecule has 0 saturated heterocycles. The Hall–Kier alpha value is -1.39. The van der Waals surface area contributed by atoms with Gasteiger partial charge in [-0.3, -0.25) is 9.89 Å². The summed E-state index contributed by atoms with van der Waals surface area (Å²) in [4.78, 5) is 16.0. The SMILES string of the molecule is CCCc1nc(C(=O)NCC(C)C(C)(C)C)n[nH]1. The summed E-state index contributed by atoms with van der Waals surface area (Å²) >= 11 is 0. The molecule has 1 rings (SSSR count). The molecule has 1 amide bonds. The quantitative estimate of drug-likeness (QED) is 0.843. The molecule has 0 bridgehead atoms.